The molecule has 0 aromatic heterocycles. The van der Waals surface area contributed by atoms with E-state index in [0.29, 0.717) is 78.5 Å². The van der Waals surface area contributed by atoms with E-state index in [-0.39, 0.29) is 218 Å². The van der Waals surface area contributed by atoms with Gasteiger partial charge in [0.05, 0.1) is 25.4 Å². The van der Waals surface area contributed by atoms with E-state index < -0.39 is 25.4 Å². The molecule has 0 saturated carbocycles. The molecule has 0 aromatic rings. The van der Waals surface area contributed by atoms with Gasteiger partial charge in [0.1, 0.15) is 0 Å². The SMILES string of the molecule is CO.CO.O.O=[N+]([O-])[O-].O=[N+]([O-])[O-].O=[N+]([O-])[O-].O=[N+]([O-])[O-].O=[N+]([O-])[O-].[Fe+3].[Fe+3].[Gd+3].[Gd+3].[Gd+3].[O-2].[O-]CCN(CC[O-])CCN(CC[O-])CC[O-].[O-]CCN(CC[O-])CCN(CC[O-])CC[O-]. The average molecular weight is 1460 g/mol. The van der Waals surface area contributed by atoms with Gasteiger partial charge < -0.3 is 158 Å². The van der Waals surface area contributed by atoms with Crippen LogP contribution in [0.4, 0.5) is 0 Å². The van der Waals surface area contributed by atoms with E-state index in [1.807, 2.05) is 0 Å². The molecule has 0 aliphatic heterocycles. The van der Waals surface area contributed by atoms with Gasteiger partial charge in [0.2, 0.25) is 0 Å². The van der Waals surface area contributed by atoms with Gasteiger partial charge in [-0.1, -0.05) is 0 Å². The maximum Gasteiger partial charge on any atom is 3.00 e. The second kappa shape index (κ2) is 105. The first-order valence-electron chi connectivity index (χ1n) is 14.7. The number of hydrogen-bond donors (Lipinski definition) is 2. The van der Waals surface area contributed by atoms with E-state index in [1.54, 1.807) is 19.6 Å². The topological polar surface area (TPSA) is 629 Å². The second-order valence-electron chi connectivity index (χ2n) is 8.12. The predicted octanol–water partition coefficient (Wildman–Crippen LogP) is -12.9. The Hall–Kier alpha value is 0.373. The second-order valence-corrected chi connectivity index (χ2v) is 8.12. The molecule has 0 rings (SSSR count). The van der Waals surface area contributed by atoms with Crippen molar-refractivity contribution >= 4 is 0 Å². The Morgan fingerprint density at radius 3 is 0.413 bits per heavy atom. The Kier molecular flexibility index (Phi) is 183. The predicted molar refractivity (Wildman–Crippen MR) is 177 cm³/mol. The van der Waals surface area contributed by atoms with Crippen LogP contribution in [0.1, 0.15) is 0 Å². The molecule has 36 nitrogen and oxygen atoms in total. The van der Waals surface area contributed by atoms with Crippen LogP contribution in [0.15, 0.2) is 0 Å². The Morgan fingerprint density at radius 1 is 0.302 bits per heavy atom. The van der Waals surface area contributed by atoms with Crippen LogP contribution >= 0.6 is 0 Å². The van der Waals surface area contributed by atoms with Crippen LogP contribution in [0.25, 0.3) is 0 Å². The molecule has 0 heterocycles. The first-order valence-corrected chi connectivity index (χ1v) is 14.7. The van der Waals surface area contributed by atoms with Gasteiger partial charge in [0.15, 0.2) is 0 Å². The maximum atomic E-state index is 10.5. The molecule has 0 aliphatic carbocycles. The fourth-order valence-electron chi connectivity index (χ4n) is 2.94. The number of aliphatic hydroxyl groups excluding tert-OH is 2. The van der Waals surface area contributed by atoms with Gasteiger partial charge in [-0.15, -0.1) is 52.9 Å². The first-order chi connectivity index (χ1) is 26.2. The minimum atomic E-state index is -1.75. The Balaban J connectivity index is -0.0000000311. The van der Waals surface area contributed by atoms with Crippen molar-refractivity contribution in [2.24, 2.45) is 0 Å². The molecule has 385 valence electrons. The summed E-state index contributed by atoms with van der Waals surface area (Å²) in [4.78, 5) is 48.4. The van der Waals surface area contributed by atoms with Crippen molar-refractivity contribution in [3.63, 3.8) is 0 Å². The standard InChI is InChI=1S/2C10H20N2O4.2CH4O.2Fe.3Gd.5NO3.H2O.O/c2*13-7-3-11(4-8-14)1-2-12(5-9-15)6-10-16;2*1-2;;;;;;5*2-1(3)4;;/h2*1-10H2;2*2H,1H3;;;;;;;;;;;1H2;/q2*-4;;;5*+3;5*-1;;-2. The summed E-state index contributed by atoms with van der Waals surface area (Å²) in [7, 11) is 2.00. The summed E-state index contributed by atoms with van der Waals surface area (Å²) in [6.07, 6.45) is 0. The van der Waals surface area contributed by atoms with Crippen LogP contribution in [-0.2, 0) is 39.6 Å². The Bertz CT molecular complexity index is 655. The van der Waals surface area contributed by atoms with Gasteiger partial charge >= 0.3 is 154 Å². The van der Waals surface area contributed by atoms with Crippen molar-refractivity contribution in [2.75, 3.05) is 146 Å². The summed E-state index contributed by atoms with van der Waals surface area (Å²) in [5, 5.41) is 171. The molecule has 0 spiro atoms. The van der Waals surface area contributed by atoms with E-state index >= 15 is 0 Å². The molecule has 4 N–H and O–H groups in total. The normalized spacial score (nSPS) is 8.00. The molecular formula is C22H50Fe2Gd3N9O27. The summed E-state index contributed by atoms with van der Waals surface area (Å²) < 4.78 is 0. The molecular weight excluding hydrogens is 1410 g/mol. The van der Waals surface area contributed by atoms with Crippen LogP contribution in [-0.4, -0.2) is 206 Å². The van der Waals surface area contributed by atoms with Crippen LogP contribution in [0.5, 0.6) is 0 Å². The maximum absolute atomic E-state index is 10.5. The molecule has 0 bridgehead atoms. The number of rotatable bonds is 22. The van der Waals surface area contributed by atoms with Crippen LogP contribution in [0.2, 0.25) is 0 Å². The zero-order valence-electron chi connectivity index (χ0n) is 33.1. The van der Waals surface area contributed by atoms with Gasteiger partial charge in [-0.25, -0.2) is 0 Å². The number of aliphatic hydroxyl groups is 2. The minimum Gasteiger partial charge on any atom is -2.00 e. The summed E-state index contributed by atoms with van der Waals surface area (Å²) in [5.74, 6) is 0. The quantitative estimate of drug-likeness (QED) is 0.0577. The van der Waals surface area contributed by atoms with Crippen molar-refractivity contribution in [1.29, 1.82) is 0 Å². The van der Waals surface area contributed by atoms with Crippen LogP contribution in [0, 0.1) is 196 Å². The van der Waals surface area contributed by atoms with Gasteiger partial charge in [0.25, 0.3) is 0 Å². The Labute approximate surface area is 477 Å². The molecule has 63 heavy (non-hydrogen) atoms. The van der Waals surface area contributed by atoms with Crippen molar-refractivity contribution in [1.82, 2.24) is 19.6 Å². The van der Waals surface area contributed by atoms with E-state index in [4.69, 9.17) is 86.8 Å². The van der Waals surface area contributed by atoms with Gasteiger partial charge in [0, 0.05) is 40.4 Å². The molecule has 0 unspecified atom stereocenters. The van der Waals surface area contributed by atoms with Gasteiger partial charge in [-0.2, -0.15) is 0 Å². The molecule has 0 fully saturated rings. The molecule has 41 heteroatoms. The zero-order valence-corrected chi connectivity index (χ0v) is 42.1. The van der Waals surface area contributed by atoms with Crippen molar-refractivity contribution in [3.8, 4) is 0 Å². The van der Waals surface area contributed by atoms with Crippen LogP contribution < -0.4 is 40.9 Å². The third-order valence-electron chi connectivity index (χ3n) is 4.73. The van der Waals surface area contributed by atoms with Gasteiger partial charge in [-0.3, -0.25) is 0 Å². The average Bonchev–Trinajstić information content (AvgIpc) is 3.08. The molecule has 0 aliphatic rings. The number of hydrogen-bond acceptors (Lipinski definition) is 29. The van der Waals surface area contributed by atoms with Crippen molar-refractivity contribution in [3.05, 3.63) is 76.6 Å². The molecule has 0 atom stereocenters. The largest absolute Gasteiger partial charge is 3.00 e. The smallest absolute Gasteiger partial charge is 2.00 e. The molecule has 0 saturated heterocycles. The minimum absolute atomic E-state index is 0. The number of nitrogens with zero attached hydrogens (tertiary/aromatic N) is 9. The first kappa shape index (κ1) is 110. The van der Waals surface area contributed by atoms with Gasteiger partial charge in [-0.05, 0) is 52.4 Å². The van der Waals surface area contributed by atoms with E-state index in [1.165, 1.54) is 0 Å². The molecule has 5 radical (unpaired) electrons. The van der Waals surface area contributed by atoms with Crippen molar-refractivity contribution < 1.29 is 241 Å². The zero-order chi connectivity index (χ0) is 46.3. The molecule has 0 aromatic carbocycles. The fraction of sp³-hybridized carbons (Fsp3) is 1.00. The summed E-state index contributed by atoms with van der Waals surface area (Å²) >= 11 is 0. The fourth-order valence-corrected chi connectivity index (χ4v) is 2.94. The third-order valence-corrected chi connectivity index (χ3v) is 4.73. The summed E-state index contributed by atoms with van der Waals surface area (Å²) in [5.41, 5.74) is 0. The van der Waals surface area contributed by atoms with E-state index in [2.05, 4.69) is 0 Å². The molecule has 0 amide bonds. The van der Waals surface area contributed by atoms with Crippen LogP contribution in [0.3, 0.4) is 0 Å². The van der Waals surface area contributed by atoms with E-state index in [0.717, 1.165) is 14.2 Å². The third kappa shape index (κ3) is 192. The Morgan fingerprint density at radius 2 is 0.365 bits per heavy atom. The summed E-state index contributed by atoms with van der Waals surface area (Å²) in [6.45, 7) is 3.25. The summed E-state index contributed by atoms with van der Waals surface area (Å²) in [6, 6.07) is 0. The van der Waals surface area contributed by atoms with Crippen molar-refractivity contribution in [2.45, 2.75) is 0 Å². The monoisotopic (exact) mass is 1460 g/mol. The van der Waals surface area contributed by atoms with E-state index in [9.17, 15) is 40.9 Å².